The fraction of sp³-hybridized carbons (Fsp3) is 0.867. The van der Waals surface area contributed by atoms with Gasteiger partial charge in [-0.25, -0.2) is 0 Å². The molecule has 0 spiro atoms. The summed E-state index contributed by atoms with van der Waals surface area (Å²) in [6, 6.07) is -3.25. The predicted octanol–water partition coefficient (Wildman–Crippen LogP) is -1.30. The molecule has 0 saturated carbocycles. The minimum Gasteiger partial charge on any atom is -0.394 e. The number of carbonyl (C=O) groups is 11. The van der Waals surface area contributed by atoms with E-state index < -0.39 is 141 Å². The summed E-state index contributed by atoms with van der Waals surface area (Å²) >= 11 is 0. The molecule has 4 aliphatic rings. The van der Waals surface area contributed by atoms with Crippen molar-refractivity contribution in [1.29, 1.82) is 0 Å². The zero-order chi connectivity index (χ0) is 90.0. The number of unbranched alkanes of at least 4 members (excludes halogenated alkanes) is 10. The normalized spacial score (nSPS) is 25.2. The number of hydrogen-bond donors (Lipinski definition) is 18. The molecule has 122 heavy (non-hydrogen) atoms. The van der Waals surface area contributed by atoms with Crippen LogP contribution in [0.2, 0.25) is 0 Å². The molecule has 4 heterocycles. The number of hydrogen-bond acceptors (Lipinski definition) is 30. The maximum absolute atomic E-state index is 14.1. The lowest BCUT2D eigenvalue weighted by atomic mass is 9.88. The monoisotopic (exact) mass is 1750 g/mol. The number of nitrogens with one attached hydrogen (secondary N) is 8. The quantitative estimate of drug-likeness (QED) is 0.0315. The first-order valence-electron chi connectivity index (χ1n) is 43.9. The van der Waals surface area contributed by atoms with Gasteiger partial charge in [0.05, 0.1) is 65.6 Å². The summed E-state index contributed by atoms with van der Waals surface area (Å²) in [5.41, 5.74) is -1.31. The third-order valence-electron chi connectivity index (χ3n) is 21.4. The Morgan fingerprint density at radius 1 is 0.377 bits per heavy atom. The number of ether oxygens (including phenoxy) is 9. The zero-order valence-electron chi connectivity index (χ0n) is 72.6. The molecule has 4 saturated heterocycles. The van der Waals surface area contributed by atoms with Gasteiger partial charge in [0.2, 0.25) is 53.2 Å². The summed E-state index contributed by atoms with van der Waals surface area (Å²) in [4.78, 5) is 142. The molecule has 0 aliphatic carbocycles. The first-order chi connectivity index (χ1) is 58.2. The van der Waals surface area contributed by atoms with Crippen LogP contribution in [0.4, 0.5) is 0 Å². The van der Waals surface area contributed by atoms with E-state index in [0.717, 1.165) is 32.1 Å². The van der Waals surface area contributed by atoms with Crippen molar-refractivity contribution < 1.29 is 146 Å². The number of aliphatic hydroxyl groups excluding tert-OH is 10. The fourth-order valence-corrected chi connectivity index (χ4v) is 14.5. The summed E-state index contributed by atoms with van der Waals surface area (Å²) in [6.45, 7) is 8.95. The van der Waals surface area contributed by atoms with Gasteiger partial charge in [0, 0.05) is 144 Å². The van der Waals surface area contributed by atoms with Crippen LogP contribution in [-0.2, 0) is 95.4 Å². The second-order valence-electron chi connectivity index (χ2n) is 33.6. The Balaban J connectivity index is 1.31. The highest BCUT2D eigenvalue weighted by Gasteiger charge is 2.48. The van der Waals surface area contributed by atoms with E-state index in [0.29, 0.717) is 116 Å². The van der Waals surface area contributed by atoms with Crippen LogP contribution in [0.5, 0.6) is 0 Å². The highest BCUT2D eigenvalue weighted by Crippen LogP contribution is 2.31. The van der Waals surface area contributed by atoms with E-state index in [1.807, 2.05) is 4.90 Å². The molecule has 17 atom stereocenters. The molecule has 9 amide bonds. The van der Waals surface area contributed by atoms with Crippen molar-refractivity contribution in [3.8, 4) is 0 Å². The lowest BCUT2D eigenvalue weighted by molar-refractivity contribution is -0.270. The van der Waals surface area contributed by atoms with E-state index in [9.17, 15) is 104 Å². The molecule has 18 N–H and O–H groups in total. The summed E-state index contributed by atoms with van der Waals surface area (Å²) in [5.74, 6) is -3.09. The smallest absolute Gasteiger partial charge is 0.222 e. The first kappa shape index (κ1) is 108. The predicted molar refractivity (Wildman–Crippen MR) is 439 cm³/mol. The fourth-order valence-electron chi connectivity index (χ4n) is 14.5. The largest absolute Gasteiger partial charge is 0.394 e. The molecule has 0 aromatic heterocycles. The molecule has 4 aliphatic heterocycles. The first-order valence-corrected chi connectivity index (χ1v) is 43.9. The summed E-state index contributed by atoms with van der Waals surface area (Å²) in [6.07, 6.45) is -3.10. The lowest BCUT2D eigenvalue weighted by Gasteiger charge is -2.42. The van der Waals surface area contributed by atoms with Gasteiger partial charge in [-0.05, 0) is 102 Å². The average molecular weight is 1750 g/mol. The van der Waals surface area contributed by atoms with E-state index in [1.54, 1.807) is 0 Å². The van der Waals surface area contributed by atoms with Crippen molar-refractivity contribution in [3.63, 3.8) is 0 Å². The second-order valence-corrected chi connectivity index (χ2v) is 33.6. The Labute approximate surface area is 717 Å². The van der Waals surface area contributed by atoms with E-state index in [2.05, 4.69) is 63.3 Å². The van der Waals surface area contributed by atoms with Crippen LogP contribution in [-0.4, -0.2) is 342 Å². The van der Waals surface area contributed by atoms with Gasteiger partial charge in [-0.3, -0.25) is 52.7 Å². The molecule has 4 rings (SSSR count). The van der Waals surface area contributed by atoms with Crippen LogP contribution >= 0.6 is 0 Å². The lowest BCUT2D eigenvalue weighted by Crippen LogP contribution is -2.64. The standard InChI is InChI=1S/C83H147N9O30/c1-54(96)88-70-76(111)73(108)61(48-93)120-79(70)117-40-19-16-26-58(99)24-12-11-13-25-59(100)32-43-114-51-83(91-68(106)29-14-9-7-8-10-15-30-69(107)92-47-60(101)46-57(92)31-35-82(4,5)6,52-115-44-33-66(104)86-38-22-36-84-64(102)27-17-20-41-118-80-71(89-55(2)97)77(112)74(109)62(49-94)121-80)53-116-45-34-67(105)87-39-23-37-85-65(103)28-18-21-42-119-81-72(90-56(3)98)78(113)75(110)63(50-95)122-81/h57,60-63,70-81,93-95,101,108-113H,7-53H2,1-6H3,(H,84,102)(H,85,103)(H,86,104)(H,87,105)(H,88,96)(H,89,97)(H,90,98)(H,91,106)/t57-,60+,61?,62?,63?,70?,71?,72?,73?,74?,75?,76?,77?,78?,79?,80?,81?,83?/m1/s1. The van der Waals surface area contributed by atoms with Gasteiger partial charge in [-0.15, -0.1) is 0 Å². The van der Waals surface area contributed by atoms with Crippen LogP contribution in [0, 0.1) is 5.41 Å². The van der Waals surface area contributed by atoms with Crippen LogP contribution < -0.4 is 42.5 Å². The van der Waals surface area contributed by atoms with Crippen molar-refractivity contribution >= 4 is 64.7 Å². The Morgan fingerprint density at radius 3 is 1.07 bits per heavy atom. The van der Waals surface area contributed by atoms with E-state index in [1.165, 1.54) is 20.8 Å². The molecule has 4 fully saturated rings. The van der Waals surface area contributed by atoms with Gasteiger partial charge in [0.1, 0.15) is 90.2 Å². The van der Waals surface area contributed by atoms with Crippen LogP contribution in [0.25, 0.3) is 0 Å². The molecule has 0 aromatic carbocycles. The molecule has 0 aromatic rings. The van der Waals surface area contributed by atoms with Crippen LogP contribution in [0.15, 0.2) is 0 Å². The number of carbonyl (C=O) groups excluding carboxylic acids is 11. The Bertz CT molecular complexity index is 2820. The maximum atomic E-state index is 14.1. The summed E-state index contributed by atoms with van der Waals surface area (Å²) in [7, 11) is 0. The molecule has 15 unspecified atom stereocenters. The van der Waals surface area contributed by atoms with E-state index in [4.69, 9.17) is 42.6 Å². The number of nitrogens with zero attached hydrogens (tertiary/aromatic N) is 1. The third-order valence-corrected chi connectivity index (χ3v) is 21.4. The van der Waals surface area contributed by atoms with E-state index in [-0.39, 0.29) is 195 Å². The number of Topliss-reactive ketones (excluding diaryl/α,β-unsaturated/α-hetero) is 2. The van der Waals surface area contributed by atoms with Gasteiger partial charge in [-0.2, -0.15) is 0 Å². The minimum atomic E-state index is -1.46. The summed E-state index contributed by atoms with van der Waals surface area (Å²) < 4.78 is 52.4. The van der Waals surface area contributed by atoms with E-state index >= 15 is 0 Å². The average Bonchev–Trinajstić information content (AvgIpc) is 0.905. The van der Waals surface area contributed by atoms with Crippen LogP contribution in [0.3, 0.4) is 0 Å². The van der Waals surface area contributed by atoms with Gasteiger partial charge in [0.15, 0.2) is 18.9 Å². The van der Waals surface area contributed by atoms with Gasteiger partial charge in [0.25, 0.3) is 0 Å². The third kappa shape index (κ3) is 43.8. The molecule has 704 valence electrons. The minimum absolute atomic E-state index is 0.0125. The highest BCUT2D eigenvalue weighted by atomic mass is 16.7. The van der Waals surface area contributed by atoms with Crippen LogP contribution in [0.1, 0.15) is 234 Å². The Hall–Kier alpha value is -6.19. The zero-order valence-corrected chi connectivity index (χ0v) is 72.6. The Kier molecular flexibility index (Phi) is 53.6. The topological polar surface area (TPSA) is 573 Å². The second kappa shape index (κ2) is 60.5. The van der Waals surface area contributed by atoms with Crippen molar-refractivity contribution in [2.24, 2.45) is 5.41 Å². The maximum Gasteiger partial charge on any atom is 0.222 e. The van der Waals surface area contributed by atoms with Crippen molar-refractivity contribution in [1.82, 2.24) is 47.4 Å². The molecule has 0 radical (unpaired) electrons. The Morgan fingerprint density at radius 2 is 0.697 bits per heavy atom. The number of amides is 9. The summed E-state index contributed by atoms with van der Waals surface area (Å²) in [5, 5.41) is 123. The van der Waals surface area contributed by atoms with Gasteiger partial charge >= 0.3 is 0 Å². The van der Waals surface area contributed by atoms with Crippen molar-refractivity contribution in [2.75, 3.05) is 112 Å². The van der Waals surface area contributed by atoms with Gasteiger partial charge in [-0.1, -0.05) is 52.9 Å². The van der Waals surface area contributed by atoms with Crippen molar-refractivity contribution in [2.45, 2.75) is 344 Å². The number of β-amino-alcohol motifs (C(OH)–C–C–N with tert-alkyl or cyclic N) is 1. The molecule has 39 heteroatoms. The molecule has 39 nitrogen and oxygen atoms in total. The number of likely N-dealkylation sites (tertiary alicyclic amines) is 1. The number of ketones is 2. The number of aliphatic hydroxyl groups is 10. The molecule has 0 bridgehead atoms. The molecular weight excluding hydrogens is 1600 g/mol. The van der Waals surface area contributed by atoms with Gasteiger partial charge < -0.3 is 141 Å². The van der Waals surface area contributed by atoms with Crippen molar-refractivity contribution in [3.05, 3.63) is 0 Å². The highest BCUT2D eigenvalue weighted by molar-refractivity contribution is 5.80. The SMILES string of the molecule is CC(=O)NC1C(OCCCCC(=O)CCCCCC(=O)CCOCC(COCCC(=O)NCCCNC(=O)CCCCOC2OC(CO)C(O)C(O)C2NC(C)=O)(COCCC(=O)NCCCNC(=O)CCCCOC2OC(CO)C(O)C(O)C2NC(C)=O)NC(=O)CCCCCCCCC(=O)N2C[C@@H](O)C[C@H]2CCC(C)(C)C)OC(CO)C(O)C1O. The number of rotatable bonds is 65. The molecular formula is C83H147N9O30.